The Kier molecular flexibility index (Phi) is 4.71. The maximum Gasteiger partial charge on any atom is 0.283 e. The van der Waals surface area contributed by atoms with Crippen LogP contribution in [-0.2, 0) is 6.61 Å². The molecule has 3 aromatic rings. The second kappa shape index (κ2) is 7.09. The molecule has 0 bridgehead atoms. The smallest absolute Gasteiger partial charge is 0.283 e. The van der Waals surface area contributed by atoms with E-state index in [1.54, 1.807) is 36.4 Å². The van der Waals surface area contributed by atoms with Crippen molar-refractivity contribution in [1.29, 1.82) is 5.26 Å². The molecule has 0 saturated carbocycles. The predicted octanol–water partition coefficient (Wildman–Crippen LogP) is 3.11. The van der Waals surface area contributed by atoms with E-state index in [4.69, 9.17) is 26.0 Å². The first-order valence-corrected chi connectivity index (χ1v) is 7.55. The second-order valence-electron chi connectivity index (χ2n) is 4.17. The third-order valence-electron chi connectivity index (χ3n) is 2.57. The van der Waals surface area contributed by atoms with Crippen LogP contribution in [0.15, 0.2) is 51.1 Å². The van der Waals surface area contributed by atoms with Crippen molar-refractivity contribution in [3.05, 3.63) is 53.0 Å². The Morgan fingerprint density at radius 1 is 1.09 bits per heavy atom. The lowest BCUT2D eigenvalue weighted by molar-refractivity contribution is 0.252. The summed E-state index contributed by atoms with van der Waals surface area (Å²) in [6.07, 6.45) is 0. The highest BCUT2D eigenvalue weighted by Crippen LogP contribution is 2.24. The molecule has 0 amide bonds. The summed E-state index contributed by atoms with van der Waals surface area (Å²) in [6, 6.07) is 12.1. The average Bonchev–Trinajstić information content (AvgIpc) is 3.02. The third kappa shape index (κ3) is 4.18. The van der Waals surface area contributed by atoms with Gasteiger partial charge in [-0.05, 0) is 48.2 Å². The molecule has 0 saturated heterocycles. The first-order valence-electron chi connectivity index (χ1n) is 6.35. The highest BCUT2D eigenvalue weighted by molar-refractivity contribution is 7.99. The summed E-state index contributed by atoms with van der Waals surface area (Å²) in [5, 5.41) is 25.6. The summed E-state index contributed by atoms with van der Waals surface area (Å²) in [5.74, 6) is 0.990. The lowest BCUT2D eigenvalue weighted by atomic mass is 10.3. The molecule has 23 heavy (non-hydrogen) atoms. The van der Waals surface area contributed by atoms with Crippen LogP contribution in [0.1, 0.15) is 11.6 Å². The van der Waals surface area contributed by atoms with Crippen LogP contribution in [0.5, 0.6) is 5.75 Å². The number of ether oxygens (including phenoxy) is 1. The van der Waals surface area contributed by atoms with Crippen molar-refractivity contribution in [1.82, 2.24) is 20.4 Å². The number of nitriles is 1. The second-order valence-corrected chi connectivity index (χ2v) is 5.58. The molecule has 2 aromatic heterocycles. The van der Waals surface area contributed by atoms with Crippen LogP contribution in [-0.4, -0.2) is 20.4 Å². The van der Waals surface area contributed by atoms with Crippen molar-refractivity contribution in [3.63, 3.8) is 0 Å². The summed E-state index contributed by atoms with van der Waals surface area (Å²) >= 11 is 6.96. The Morgan fingerprint density at radius 2 is 1.91 bits per heavy atom. The summed E-state index contributed by atoms with van der Waals surface area (Å²) < 4.78 is 11.0. The highest BCUT2D eigenvalue weighted by atomic mass is 35.5. The van der Waals surface area contributed by atoms with Gasteiger partial charge in [0, 0.05) is 5.02 Å². The van der Waals surface area contributed by atoms with Crippen LogP contribution in [0.4, 0.5) is 0 Å². The molecule has 0 aliphatic rings. The molecule has 0 radical (unpaired) electrons. The summed E-state index contributed by atoms with van der Waals surface area (Å²) in [7, 11) is 0. The van der Waals surface area contributed by atoms with Gasteiger partial charge in [0.15, 0.2) is 12.3 Å². The fourth-order valence-electron chi connectivity index (χ4n) is 1.54. The van der Waals surface area contributed by atoms with Crippen LogP contribution in [0.2, 0.25) is 5.02 Å². The van der Waals surface area contributed by atoms with E-state index in [1.807, 2.05) is 6.07 Å². The van der Waals surface area contributed by atoms with Gasteiger partial charge in [-0.3, -0.25) is 0 Å². The molecular weight excluding hydrogens is 338 g/mol. The highest BCUT2D eigenvalue weighted by Gasteiger charge is 2.10. The third-order valence-corrected chi connectivity index (χ3v) is 3.59. The molecule has 9 heteroatoms. The first kappa shape index (κ1) is 15.3. The van der Waals surface area contributed by atoms with Crippen molar-refractivity contribution in [3.8, 4) is 11.8 Å². The van der Waals surface area contributed by atoms with Gasteiger partial charge in [0.1, 0.15) is 16.8 Å². The van der Waals surface area contributed by atoms with Gasteiger partial charge in [0.25, 0.3) is 11.1 Å². The van der Waals surface area contributed by atoms with E-state index in [-0.39, 0.29) is 12.3 Å². The van der Waals surface area contributed by atoms with Crippen LogP contribution in [0, 0.1) is 11.3 Å². The Morgan fingerprint density at radius 3 is 2.61 bits per heavy atom. The van der Waals surface area contributed by atoms with Gasteiger partial charge in [-0.15, -0.1) is 20.4 Å². The molecule has 0 aliphatic carbocycles. The predicted molar refractivity (Wildman–Crippen MR) is 81.0 cm³/mol. The zero-order valence-corrected chi connectivity index (χ0v) is 13.1. The number of rotatable bonds is 5. The maximum absolute atomic E-state index is 8.67. The van der Waals surface area contributed by atoms with Crippen molar-refractivity contribution in [2.45, 2.75) is 16.9 Å². The summed E-state index contributed by atoms with van der Waals surface area (Å²) in [5.41, 5.74) is 0.247. The van der Waals surface area contributed by atoms with Crippen LogP contribution < -0.4 is 4.74 Å². The largest absolute Gasteiger partial charge is 0.484 e. The van der Waals surface area contributed by atoms with E-state index >= 15 is 0 Å². The number of benzene rings is 1. The van der Waals surface area contributed by atoms with Gasteiger partial charge < -0.3 is 9.15 Å². The minimum Gasteiger partial charge on any atom is -0.484 e. The first-order chi connectivity index (χ1) is 11.2. The Balaban J connectivity index is 1.59. The number of halogens is 1. The lowest BCUT2D eigenvalue weighted by Gasteiger charge is -2.02. The van der Waals surface area contributed by atoms with E-state index in [1.165, 1.54) is 0 Å². The number of hydrogen-bond acceptors (Lipinski definition) is 8. The Bertz CT molecular complexity index is 830. The fourth-order valence-corrected chi connectivity index (χ4v) is 2.28. The molecule has 1 aromatic carbocycles. The molecule has 2 heterocycles. The topological polar surface area (TPSA) is 97.7 Å². The monoisotopic (exact) mass is 345 g/mol. The quantitative estimate of drug-likeness (QED) is 0.695. The van der Waals surface area contributed by atoms with E-state index in [2.05, 4.69) is 20.4 Å². The van der Waals surface area contributed by atoms with E-state index in [0.29, 0.717) is 26.9 Å². The average molecular weight is 346 g/mol. The standard InChI is InChI=1S/C14H8ClN5O2S/c15-9-1-4-11(5-2-9)21-8-12-18-20-14(22-12)23-13-6-3-10(7-16)17-19-13/h1-6H,8H2. The lowest BCUT2D eigenvalue weighted by Crippen LogP contribution is -1.95. The normalized spacial score (nSPS) is 10.3. The zero-order chi connectivity index (χ0) is 16.1. The molecule has 0 unspecified atom stereocenters. The molecule has 0 N–H and O–H groups in total. The van der Waals surface area contributed by atoms with E-state index in [9.17, 15) is 0 Å². The van der Waals surface area contributed by atoms with Crippen LogP contribution >= 0.6 is 23.4 Å². The van der Waals surface area contributed by atoms with Gasteiger partial charge in [0.05, 0.1) is 0 Å². The van der Waals surface area contributed by atoms with Gasteiger partial charge in [-0.1, -0.05) is 11.6 Å². The molecule has 0 aliphatic heterocycles. The van der Waals surface area contributed by atoms with Crippen molar-refractivity contribution in [2.24, 2.45) is 0 Å². The van der Waals surface area contributed by atoms with Crippen molar-refractivity contribution < 1.29 is 9.15 Å². The molecule has 7 nitrogen and oxygen atoms in total. The summed E-state index contributed by atoms with van der Waals surface area (Å²) in [4.78, 5) is 0. The Labute approximate surface area is 140 Å². The molecule has 114 valence electrons. The van der Waals surface area contributed by atoms with Crippen LogP contribution in [0.3, 0.4) is 0 Å². The van der Waals surface area contributed by atoms with Gasteiger partial charge >= 0.3 is 0 Å². The van der Waals surface area contributed by atoms with Gasteiger partial charge in [-0.25, -0.2) is 0 Å². The van der Waals surface area contributed by atoms with Gasteiger partial charge in [0.2, 0.25) is 0 Å². The number of aromatic nitrogens is 4. The minimum atomic E-state index is 0.147. The minimum absolute atomic E-state index is 0.147. The van der Waals surface area contributed by atoms with E-state index in [0.717, 1.165) is 11.8 Å². The van der Waals surface area contributed by atoms with Gasteiger partial charge in [-0.2, -0.15) is 5.26 Å². The molecule has 0 atom stereocenters. The number of hydrogen-bond donors (Lipinski definition) is 0. The van der Waals surface area contributed by atoms with Crippen LogP contribution in [0.25, 0.3) is 0 Å². The molecular formula is C14H8ClN5O2S. The summed E-state index contributed by atoms with van der Waals surface area (Å²) in [6.45, 7) is 0.147. The zero-order valence-electron chi connectivity index (χ0n) is 11.5. The molecule has 0 spiro atoms. The van der Waals surface area contributed by atoms with Crippen molar-refractivity contribution >= 4 is 23.4 Å². The molecule has 3 rings (SSSR count). The fraction of sp³-hybridized carbons (Fsp3) is 0.0714. The maximum atomic E-state index is 8.67. The molecule has 0 fully saturated rings. The van der Waals surface area contributed by atoms with E-state index < -0.39 is 0 Å². The number of nitrogens with zero attached hydrogens (tertiary/aromatic N) is 5. The SMILES string of the molecule is N#Cc1ccc(Sc2nnc(COc3ccc(Cl)cc3)o2)nn1. The Hall–Kier alpha value is -2.63. The van der Waals surface area contributed by atoms with Crippen molar-refractivity contribution in [2.75, 3.05) is 0 Å².